The molecule has 0 radical (unpaired) electrons. The van der Waals surface area contributed by atoms with E-state index in [2.05, 4.69) is 26.8 Å². The highest BCUT2D eigenvalue weighted by Crippen LogP contribution is 2.25. The van der Waals surface area contributed by atoms with E-state index < -0.39 is 0 Å². The highest BCUT2D eigenvalue weighted by Gasteiger charge is 2.37. The Morgan fingerprint density at radius 1 is 1.35 bits per heavy atom. The first kappa shape index (κ1) is 12.2. The van der Waals surface area contributed by atoms with Crippen LogP contribution < -0.4 is 5.46 Å². The van der Waals surface area contributed by atoms with E-state index in [1.54, 1.807) is 12.1 Å². The molecule has 0 amide bonds. The van der Waals surface area contributed by atoms with Crippen LogP contribution in [0.15, 0.2) is 24.3 Å². The topological polar surface area (TPSA) is 42.2 Å². The Labute approximate surface area is 102 Å². The highest BCUT2D eigenvalue weighted by atomic mass is 16.6. The molecule has 1 saturated heterocycles. The van der Waals surface area contributed by atoms with Crippen LogP contribution in [0.1, 0.15) is 32.8 Å². The lowest BCUT2D eigenvalue weighted by Gasteiger charge is -2.38. The van der Waals surface area contributed by atoms with Crippen molar-refractivity contribution in [2.45, 2.75) is 38.9 Å². The number of nitriles is 1. The predicted octanol–water partition coefficient (Wildman–Crippen LogP) is 1.86. The van der Waals surface area contributed by atoms with Gasteiger partial charge in [0.1, 0.15) is 0 Å². The molecule has 0 aliphatic carbocycles. The Balaban J connectivity index is 2.18. The molecule has 3 nitrogen and oxygen atoms in total. The Morgan fingerprint density at radius 2 is 2.00 bits per heavy atom. The van der Waals surface area contributed by atoms with Gasteiger partial charge in [0.05, 0.1) is 17.2 Å². The van der Waals surface area contributed by atoms with Crippen LogP contribution in [0.3, 0.4) is 0 Å². The SMILES string of the molecule is CC1CC(C)(C)OB(c2ccc(C#N)cc2)O1. The third-order valence-electron chi connectivity index (χ3n) is 2.87. The Kier molecular flexibility index (Phi) is 3.23. The van der Waals surface area contributed by atoms with Crippen LogP contribution in [-0.4, -0.2) is 18.8 Å². The van der Waals surface area contributed by atoms with E-state index >= 15 is 0 Å². The van der Waals surface area contributed by atoms with E-state index in [4.69, 9.17) is 14.6 Å². The quantitative estimate of drug-likeness (QED) is 0.690. The second-order valence-electron chi connectivity index (χ2n) is 5.09. The molecule has 1 atom stereocenters. The Hall–Kier alpha value is -1.31. The molecule has 0 bridgehead atoms. The van der Waals surface area contributed by atoms with Gasteiger partial charge in [-0.05, 0) is 44.8 Å². The van der Waals surface area contributed by atoms with Crippen molar-refractivity contribution in [1.29, 1.82) is 5.26 Å². The molecular weight excluding hydrogens is 213 g/mol. The summed E-state index contributed by atoms with van der Waals surface area (Å²) < 4.78 is 11.7. The molecule has 88 valence electrons. The Morgan fingerprint density at radius 3 is 2.53 bits per heavy atom. The smallest absolute Gasteiger partial charge is 0.405 e. The lowest BCUT2D eigenvalue weighted by atomic mass is 9.75. The van der Waals surface area contributed by atoms with Gasteiger partial charge in [0.15, 0.2) is 0 Å². The van der Waals surface area contributed by atoms with Gasteiger partial charge < -0.3 is 9.31 Å². The number of benzene rings is 1. The second-order valence-corrected chi connectivity index (χ2v) is 5.09. The maximum atomic E-state index is 8.75. The summed E-state index contributed by atoms with van der Waals surface area (Å²) in [5, 5.41) is 8.75. The molecule has 0 saturated carbocycles. The van der Waals surface area contributed by atoms with Crippen LogP contribution >= 0.6 is 0 Å². The van der Waals surface area contributed by atoms with Crippen LogP contribution in [0.2, 0.25) is 0 Å². The zero-order valence-electron chi connectivity index (χ0n) is 10.4. The first-order chi connectivity index (χ1) is 8.00. The Bertz CT molecular complexity index is 436. The molecule has 1 aromatic rings. The van der Waals surface area contributed by atoms with Gasteiger partial charge in [0, 0.05) is 6.10 Å². The minimum atomic E-state index is -0.332. The van der Waals surface area contributed by atoms with Crippen molar-refractivity contribution in [3.8, 4) is 6.07 Å². The minimum absolute atomic E-state index is 0.170. The van der Waals surface area contributed by atoms with Crippen molar-refractivity contribution < 1.29 is 9.31 Å². The standard InChI is InChI=1S/C13H16BNO2/c1-10-8-13(2,3)17-14(16-10)12-6-4-11(9-15)5-7-12/h4-7,10H,8H2,1-3H3. The maximum absolute atomic E-state index is 8.75. The molecule has 0 N–H and O–H groups in total. The summed E-state index contributed by atoms with van der Waals surface area (Å²) in [6.45, 7) is 6.20. The molecule has 1 heterocycles. The predicted molar refractivity (Wildman–Crippen MR) is 66.9 cm³/mol. The lowest BCUT2D eigenvalue weighted by molar-refractivity contribution is -0.0229. The molecule has 0 spiro atoms. The van der Waals surface area contributed by atoms with E-state index in [1.165, 1.54) is 0 Å². The van der Waals surface area contributed by atoms with Crippen LogP contribution in [-0.2, 0) is 9.31 Å². The van der Waals surface area contributed by atoms with Crippen molar-refractivity contribution >= 4 is 12.6 Å². The fourth-order valence-electron chi connectivity index (χ4n) is 2.18. The molecule has 2 rings (SSSR count). The number of hydrogen-bond acceptors (Lipinski definition) is 3. The zero-order chi connectivity index (χ0) is 12.5. The van der Waals surface area contributed by atoms with E-state index in [-0.39, 0.29) is 18.8 Å². The normalized spacial score (nSPS) is 23.2. The van der Waals surface area contributed by atoms with Crippen LogP contribution in [0.5, 0.6) is 0 Å². The van der Waals surface area contributed by atoms with Gasteiger partial charge in [-0.2, -0.15) is 5.26 Å². The first-order valence-corrected chi connectivity index (χ1v) is 5.83. The summed E-state index contributed by atoms with van der Waals surface area (Å²) in [6.07, 6.45) is 1.07. The van der Waals surface area contributed by atoms with Crippen LogP contribution in [0.4, 0.5) is 0 Å². The van der Waals surface area contributed by atoms with Gasteiger partial charge in [-0.1, -0.05) is 12.1 Å². The fraction of sp³-hybridized carbons (Fsp3) is 0.462. The van der Waals surface area contributed by atoms with E-state index in [9.17, 15) is 0 Å². The van der Waals surface area contributed by atoms with Crippen molar-refractivity contribution in [2.24, 2.45) is 0 Å². The van der Waals surface area contributed by atoms with Crippen molar-refractivity contribution in [2.75, 3.05) is 0 Å². The number of hydrogen-bond donors (Lipinski definition) is 0. The molecule has 4 heteroatoms. The zero-order valence-corrected chi connectivity index (χ0v) is 10.4. The first-order valence-electron chi connectivity index (χ1n) is 5.83. The number of nitrogens with zero attached hydrogens (tertiary/aromatic N) is 1. The highest BCUT2D eigenvalue weighted by molar-refractivity contribution is 6.61. The van der Waals surface area contributed by atoms with Gasteiger partial charge >= 0.3 is 7.12 Å². The average Bonchev–Trinajstić information content (AvgIpc) is 2.26. The van der Waals surface area contributed by atoms with Crippen molar-refractivity contribution in [1.82, 2.24) is 0 Å². The summed E-state index contributed by atoms with van der Waals surface area (Å²) in [4.78, 5) is 0. The van der Waals surface area contributed by atoms with E-state index in [0.717, 1.165) is 11.9 Å². The maximum Gasteiger partial charge on any atom is 0.494 e. The van der Waals surface area contributed by atoms with Crippen LogP contribution in [0.25, 0.3) is 0 Å². The van der Waals surface area contributed by atoms with Crippen molar-refractivity contribution in [3.05, 3.63) is 29.8 Å². The fourth-order valence-corrected chi connectivity index (χ4v) is 2.18. The molecule has 17 heavy (non-hydrogen) atoms. The second kappa shape index (κ2) is 4.52. The molecular formula is C13H16BNO2. The third kappa shape index (κ3) is 2.88. The number of rotatable bonds is 1. The van der Waals surface area contributed by atoms with Gasteiger partial charge in [-0.3, -0.25) is 0 Å². The molecule has 1 fully saturated rings. The molecule has 1 aliphatic rings. The monoisotopic (exact) mass is 229 g/mol. The molecule has 1 aromatic carbocycles. The summed E-state index contributed by atoms with van der Waals surface area (Å²) in [7, 11) is -0.332. The van der Waals surface area contributed by atoms with E-state index in [1.807, 2.05) is 12.1 Å². The summed E-state index contributed by atoms with van der Waals surface area (Å²) in [6, 6.07) is 9.45. The summed E-state index contributed by atoms with van der Waals surface area (Å²) in [5.41, 5.74) is 1.44. The van der Waals surface area contributed by atoms with E-state index in [0.29, 0.717) is 5.56 Å². The van der Waals surface area contributed by atoms with Gasteiger partial charge in [-0.15, -0.1) is 0 Å². The third-order valence-corrected chi connectivity index (χ3v) is 2.87. The summed E-state index contributed by atoms with van der Waals surface area (Å²) in [5.74, 6) is 0. The molecule has 1 aliphatic heterocycles. The van der Waals surface area contributed by atoms with Gasteiger partial charge in [-0.25, -0.2) is 0 Å². The van der Waals surface area contributed by atoms with Gasteiger partial charge in [0.25, 0.3) is 0 Å². The molecule has 0 aromatic heterocycles. The van der Waals surface area contributed by atoms with Crippen molar-refractivity contribution in [3.63, 3.8) is 0 Å². The summed E-state index contributed by atoms with van der Waals surface area (Å²) >= 11 is 0. The van der Waals surface area contributed by atoms with Crippen LogP contribution in [0, 0.1) is 11.3 Å². The minimum Gasteiger partial charge on any atom is -0.405 e. The lowest BCUT2D eigenvalue weighted by Crippen LogP contribution is -2.51. The largest absolute Gasteiger partial charge is 0.494 e. The average molecular weight is 229 g/mol. The molecule has 1 unspecified atom stereocenters. The van der Waals surface area contributed by atoms with Gasteiger partial charge in [0.2, 0.25) is 0 Å².